The van der Waals surface area contributed by atoms with Gasteiger partial charge in [0.1, 0.15) is 0 Å². The molecule has 4 heteroatoms. The highest BCUT2D eigenvalue weighted by molar-refractivity contribution is 6.31. The molecular formula is C10H11ClN3+. The van der Waals surface area contributed by atoms with Crippen LogP contribution in [-0.2, 0) is 0 Å². The summed E-state index contributed by atoms with van der Waals surface area (Å²) in [6, 6.07) is 5.41. The van der Waals surface area contributed by atoms with Gasteiger partial charge in [0, 0.05) is 18.5 Å². The largest absolute Gasteiger partial charge is 0.390 e. The predicted molar refractivity (Wildman–Crippen MR) is 56.4 cm³/mol. The van der Waals surface area contributed by atoms with Gasteiger partial charge in [-0.3, -0.25) is 0 Å². The Morgan fingerprint density at radius 3 is 3.00 bits per heavy atom. The molecule has 0 bridgehead atoms. The molecule has 1 saturated heterocycles. The molecule has 1 aromatic carbocycles. The van der Waals surface area contributed by atoms with Crippen LogP contribution < -0.4 is 5.32 Å². The van der Waals surface area contributed by atoms with E-state index >= 15 is 0 Å². The van der Waals surface area contributed by atoms with Crippen LogP contribution in [0.15, 0.2) is 18.2 Å². The summed E-state index contributed by atoms with van der Waals surface area (Å²) in [6.07, 6.45) is 1.05. The van der Waals surface area contributed by atoms with Crippen molar-refractivity contribution in [2.45, 2.75) is 12.3 Å². The van der Waals surface area contributed by atoms with Gasteiger partial charge >= 0.3 is 5.69 Å². The molecular weight excluding hydrogens is 198 g/mol. The smallest absolute Gasteiger partial charge is 0.316 e. The molecule has 1 atom stereocenters. The lowest BCUT2D eigenvalue weighted by Crippen LogP contribution is -2.08. The van der Waals surface area contributed by atoms with Gasteiger partial charge in [0.15, 0.2) is 4.98 Å². The molecule has 0 saturated carbocycles. The van der Waals surface area contributed by atoms with E-state index in [0.29, 0.717) is 16.6 Å². The number of halogens is 1. The Morgan fingerprint density at radius 1 is 1.50 bits per heavy atom. The second-order valence-corrected chi connectivity index (χ2v) is 3.87. The number of diazo groups is 1. The molecule has 1 N–H and O–H groups in total. The lowest BCUT2D eigenvalue weighted by molar-refractivity contribution is 0.766. The first-order valence-electron chi connectivity index (χ1n) is 4.67. The number of hydrogen-bond acceptors (Lipinski definition) is 2. The van der Waals surface area contributed by atoms with Crippen molar-refractivity contribution >= 4 is 17.3 Å². The molecule has 2 rings (SSSR count). The second-order valence-electron chi connectivity index (χ2n) is 3.46. The fourth-order valence-corrected chi connectivity index (χ4v) is 2.24. The zero-order valence-electron chi connectivity index (χ0n) is 7.70. The summed E-state index contributed by atoms with van der Waals surface area (Å²) in [5.74, 6) is 0.370. The fourth-order valence-electron chi connectivity index (χ4n) is 1.92. The normalized spacial score (nSPS) is 20.7. The molecule has 0 spiro atoms. The Kier molecular flexibility index (Phi) is 2.67. The molecule has 3 nitrogen and oxygen atoms in total. The van der Waals surface area contributed by atoms with E-state index in [2.05, 4.69) is 10.3 Å². The summed E-state index contributed by atoms with van der Waals surface area (Å²) >= 11 is 6.09. The number of benzene rings is 1. The first-order valence-corrected chi connectivity index (χ1v) is 5.05. The van der Waals surface area contributed by atoms with Gasteiger partial charge in [-0.25, -0.2) is 0 Å². The molecule has 0 radical (unpaired) electrons. The number of rotatable bonds is 1. The Hall–Kier alpha value is -1.11. The fraction of sp³-hybridized carbons (Fsp3) is 0.400. The van der Waals surface area contributed by atoms with Gasteiger partial charge in [-0.15, -0.1) is 0 Å². The molecule has 0 aromatic heterocycles. The minimum Gasteiger partial charge on any atom is -0.316 e. The second kappa shape index (κ2) is 3.95. The third-order valence-electron chi connectivity index (χ3n) is 2.61. The zero-order chi connectivity index (χ0) is 9.97. The van der Waals surface area contributed by atoms with Crippen LogP contribution in [0.5, 0.6) is 0 Å². The third kappa shape index (κ3) is 1.59. The van der Waals surface area contributed by atoms with E-state index in [0.717, 1.165) is 25.1 Å². The lowest BCUT2D eigenvalue weighted by Gasteiger charge is -2.07. The Bertz CT molecular complexity index is 377. The summed E-state index contributed by atoms with van der Waals surface area (Å²) in [7, 11) is 0. The first kappa shape index (κ1) is 9.45. The van der Waals surface area contributed by atoms with E-state index in [9.17, 15) is 0 Å². The number of hydrogen-bond donors (Lipinski definition) is 1. The van der Waals surface area contributed by atoms with Crippen LogP contribution in [0.4, 0.5) is 5.69 Å². The quantitative estimate of drug-likeness (QED) is 0.721. The molecule has 1 heterocycles. The van der Waals surface area contributed by atoms with E-state index in [1.165, 1.54) is 0 Å². The van der Waals surface area contributed by atoms with Gasteiger partial charge in [-0.1, -0.05) is 17.7 Å². The number of nitrogens with one attached hydrogen (secondary N) is 1. The van der Waals surface area contributed by atoms with Crippen LogP contribution >= 0.6 is 11.6 Å². The monoisotopic (exact) mass is 208 g/mol. The Labute approximate surface area is 87.7 Å². The van der Waals surface area contributed by atoms with Crippen LogP contribution in [0, 0.1) is 5.39 Å². The van der Waals surface area contributed by atoms with Crippen LogP contribution in [0.2, 0.25) is 5.02 Å². The molecule has 1 aromatic rings. The van der Waals surface area contributed by atoms with Crippen molar-refractivity contribution in [2.75, 3.05) is 13.1 Å². The summed E-state index contributed by atoms with van der Waals surface area (Å²) in [5, 5.41) is 12.8. The summed E-state index contributed by atoms with van der Waals surface area (Å²) < 4.78 is 0. The van der Waals surface area contributed by atoms with Gasteiger partial charge in [0.05, 0.1) is 10.6 Å². The average molecular weight is 209 g/mol. The van der Waals surface area contributed by atoms with Crippen molar-refractivity contribution in [1.82, 2.24) is 5.32 Å². The zero-order valence-corrected chi connectivity index (χ0v) is 8.46. The highest BCUT2D eigenvalue weighted by Crippen LogP contribution is 2.36. The van der Waals surface area contributed by atoms with Gasteiger partial charge in [-0.2, -0.15) is 0 Å². The Balaban J connectivity index is 2.44. The minimum atomic E-state index is 0.370. The molecule has 14 heavy (non-hydrogen) atoms. The van der Waals surface area contributed by atoms with E-state index in [1.54, 1.807) is 12.1 Å². The standard InChI is InChI=1S/C10H11ClN3/c11-8-2-1-3-9(14-12)10(8)7-4-5-13-6-7/h1-3,7,13H,4-6H2/q+1. The first-order chi connectivity index (χ1) is 6.83. The van der Waals surface area contributed by atoms with Gasteiger partial charge in [-0.05, 0) is 19.0 Å². The summed E-state index contributed by atoms with van der Waals surface area (Å²) in [6.45, 7) is 1.91. The van der Waals surface area contributed by atoms with Crippen LogP contribution in [0.1, 0.15) is 17.9 Å². The number of nitrogens with zero attached hydrogens (tertiary/aromatic N) is 2. The van der Waals surface area contributed by atoms with E-state index in [4.69, 9.17) is 17.0 Å². The maximum absolute atomic E-state index is 8.85. The van der Waals surface area contributed by atoms with E-state index in [-0.39, 0.29) is 0 Å². The predicted octanol–water partition coefficient (Wildman–Crippen LogP) is 2.90. The maximum Gasteiger partial charge on any atom is 0.390 e. The lowest BCUT2D eigenvalue weighted by atomic mass is 9.97. The summed E-state index contributed by atoms with van der Waals surface area (Å²) in [4.78, 5) is 3.26. The highest BCUT2D eigenvalue weighted by Gasteiger charge is 2.27. The van der Waals surface area contributed by atoms with E-state index < -0.39 is 0 Å². The van der Waals surface area contributed by atoms with Crippen LogP contribution in [0.3, 0.4) is 0 Å². The highest BCUT2D eigenvalue weighted by atomic mass is 35.5. The van der Waals surface area contributed by atoms with Gasteiger partial charge in [0.25, 0.3) is 0 Å². The van der Waals surface area contributed by atoms with Crippen molar-refractivity contribution < 1.29 is 0 Å². The van der Waals surface area contributed by atoms with Crippen molar-refractivity contribution in [3.05, 3.63) is 33.8 Å². The van der Waals surface area contributed by atoms with Crippen molar-refractivity contribution in [2.24, 2.45) is 0 Å². The molecule has 1 aliphatic heterocycles. The maximum atomic E-state index is 8.85. The molecule has 1 fully saturated rings. The van der Waals surface area contributed by atoms with Crippen LogP contribution in [-0.4, -0.2) is 13.1 Å². The third-order valence-corrected chi connectivity index (χ3v) is 2.94. The van der Waals surface area contributed by atoms with Crippen molar-refractivity contribution in [3.8, 4) is 0 Å². The van der Waals surface area contributed by atoms with Gasteiger partial charge in [0.2, 0.25) is 5.39 Å². The molecule has 0 aliphatic carbocycles. The van der Waals surface area contributed by atoms with Gasteiger partial charge < -0.3 is 5.32 Å². The molecule has 1 aliphatic rings. The van der Waals surface area contributed by atoms with E-state index in [1.807, 2.05) is 6.07 Å². The molecule has 0 amide bonds. The average Bonchev–Trinajstić information content (AvgIpc) is 2.70. The SMILES string of the molecule is N#[N+]c1cccc(Cl)c1C1CCNC1. The molecule has 72 valence electrons. The topological polar surface area (TPSA) is 40.2 Å². The summed E-state index contributed by atoms with van der Waals surface area (Å²) in [5.41, 5.74) is 1.55. The van der Waals surface area contributed by atoms with Crippen LogP contribution in [0.25, 0.3) is 4.98 Å². The molecule has 1 unspecified atom stereocenters. The van der Waals surface area contributed by atoms with Crippen molar-refractivity contribution in [3.63, 3.8) is 0 Å². The van der Waals surface area contributed by atoms with Crippen molar-refractivity contribution in [1.29, 1.82) is 5.39 Å². The minimum absolute atomic E-state index is 0.370. The Morgan fingerprint density at radius 2 is 2.36 bits per heavy atom.